The van der Waals surface area contributed by atoms with Crippen molar-refractivity contribution in [2.75, 3.05) is 0 Å². The highest BCUT2D eigenvalue weighted by Crippen LogP contribution is 2.43. The summed E-state index contributed by atoms with van der Waals surface area (Å²) in [5.41, 5.74) is 8.83. The first-order valence-corrected chi connectivity index (χ1v) is 8.31. The van der Waals surface area contributed by atoms with Crippen LogP contribution in [0.25, 0.3) is 38.6 Å². The van der Waals surface area contributed by atoms with Crippen LogP contribution in [0, 0.1) is 0 Å². The number of fused-ring (bicyclic) bond motifs is 10. The number of imidazole rings is 1. The number of rotatable bonds is 0. The van der Waals surface area contributed by atoms with E-state index in [4.69, 9.17) is 4.98 Å². The number of para-hydroxylation sites is 2. The summed E-state index contributed by atoms with van der Waals surface area (Å²) in [6.07, 6.45) is 0.965. The number of hydrogen-bond donors (Lipinski definition) is 0. The zero-order valence-corrected chi connectivity index (χ0v) is 13.0. The molecule has 2 aromatic heterocycles. The molecule has 112 valence electrons. The zero-order valence-electron chi connectivity index (χ0n) is 13.0. The number of nitrogens with zero attached hydrogens (tertiary/aromatic N) is 2. The predicted molar refractivity (Wildman–Crippen MR) is 98.4 cm³/mol. The highest BCUT2D eigenvalue weighted by molar-refractivity contribution is 6.08. The molecule has 0 aliphatic heterocycles. The van der Waals surface area contributed by atoms with E-state index in [1.165, 1.54) is 38.7 Å². The molecule has 0 amide bonds. The van der Waals surface area contributed by atoms with Gasteiger partial charge in [0.15, 0.2) is 0 Å². The minimum absolute atomic E-state index is 0.965. The van der Waals surface area contributed by atoms with Gasteiger partial charge in [0.05, 0.1) is 11.0 Å². The molecule has 6 rings (SSSR count). The minimum atomic E-state index is 0.965. The van der Waals surface area contributed by atoms with Crippen LogP contribution in [-0.4, -0.2) is 9.38 Å². The lowest BCUT2D eigenvalue weighted by Gasteiger charge is -2.11. The molecule has 0 fully saturated rings. The first-order valence-electron chi connectivity index (χ1n) is 8.31. The van der Waals surface area contributed by atoms with Crippen LogP contribution in [0.5, 0.6) is 0 Å². The van der Waals surface area contributed by atoms with E-state index in [0.717, 1.165) is 17.6 Å². The molecule has 0 spiro atoms. The van der Waals surface area contributed by atoms with Crippen LogP contribution < -0.4 is 0 Å². The Labute approximate surface area is 139 Å². The van der Waals surface area contributed by atoms with E-state index in [2.05, 4.69) is 77.2 Å². The monoisotopic (exact) mass is 306 g/mol. The van der Waals surface area contributed by atoms with Gasteiger partial charge in [0, 0.05) is 23.1 Å². The molecule has 0 radical (unpaired) electrons. The maximum absolute atomic E-state index is 4.95. The smallest absolute Gasteiger partial charge is 0.146 e. The average molecular weight is 306 g/mol. The van der Waals surface area contributed by atoms with Crippen molar-refractivity contribution in [1.82, 2.24) is 9.38 Å². The lowest BCUT2D eigenvalue weighted by molar-refractivity contribution is 1.08. The second-order valence-corrected chi connectivity index (χ2v) is 6.46. The van der Waals surface area contributed by atoms with E-state index in [1.807, 2.05) is 0 Å². The summed E-state index contributed by atoms with van der Waals surface area (Å²) in [6, 6.07) is 25.9. The van der Waals surface area contributed by atoms with E-state index in [0.29, 0.717) is 0 Å². The first-order chi connectivity index (χ1) is 11.9. The summed E-state index contributed by atoms with van der Waals surface area (Å²) in [6.45, 7) is 0. The maximum atomic E-state index is 4.95. The fourth-order valence-electron chi connectivity index (χ4n) is 4.21. The van der Waals surface area contributed by atoms with E-state index in [-0.39, 0.29) is 0 Å². The van der Waals surface area contributed by atoms with Gasteiger partial charge in [-0.15, -0.1) is 0 Å². The molecule has 3 aromatic carbocycles. The average Bonchev–Trinajstić information content (AvgIpc) is 3.20. The normalized spacial score (nSPS) is 12.8. The summed E-state index contributed by atoms with van der Waals surface area (Å²) < 4.78 is 2.37. The Morgan fingerprint density at radius 1 is 0.750 bits per heavy atom. The van der Waals surface area contributed by atoms with E-state index in [9.17, 15) is 0 Å². The van der Waals surface area contributed by atoms with Gasteiger partial charge in [-0.25, -0.2) is 4.98 Å². The SMILES string of the molecule is c1ccc2c(c1)Cc1c-2c2ccccc2c2nc3ccccc3n12. The van der Waals surface area contributed by atoms with Gasteiger partial charge in [0.1, 0.15) is 5.65 Å². The third-order valence-corrected chi connectivity index (χ3v) is 5.20. The second-order valence-electron chi connectivity index (χ2n) is 6.46. The fraction of sp³-hybridized carbons (Fsp3) is 0.0455. The number of benzene rings is 3. The van der Waals surface area contributed by atoms with Crippen LogP contribution in [0.4, 0.5) is 0 Å². The van der Waals surface area contributed by atoms with Gasteiger partial charge in [0.2, 0.25) is 0 Å². The molecule has 0 atom stereocenters. The third kappa shape index (κ3) is 1.39. The van der Waals surface area contributed by atoms with Crippen molar-refractivity contribution >= 4 is 27.5 Å². The van der Waals surface area contributed by atoms with Gasteiger partial charge in [-0.1, -0.05) is 60.7 Å². The molecule has 2 heteroatoms. The largest absolute Gasteiger partial charge is 0.295 e. The number of aromatic nitrogens is 2. The lowest BCUT2D eigenvalue weighted by atomic mass is 10.0. The van der Waals surface area contributed by atoms with Crippen molar-refractivity contribution in [3.8, 4) is 11.1 Å². The molecule has 24 heavy (non-hydrogen) atoms. The molecule has 0 unspecified atom stereocenters. The predicted octanol–water partition coefficient (Wildman–Crippen LogP) is 5.21. The van der Waals surface area contributed by atoms with Crippen LogP contribution in [0.3, 0.4) is 0 Å². The molecule has 2 nitrogen and oxygen atoms in total. The van der Waals surface area contributed by atoms with E-state index < -0.39 is 0 Å². The fourth-order valence-corrected chi connectivity index (χ4v) is 4.21. The summed E-state index contributed by atoms with van der Waals surface area (Å²) >= 11 is 0. The van der Waals surface area contributed by atoms with Gasteiger partial charge in [-0.2, -0.15) is 0 Å². The quantitative estimate of drug-likeness (QED) is 0.376. The molecule has 5 aromatic rings. The number of pyridine rings is 1. The third-order valence-electron chi connectivity index (χ3n) is 5.20. The van der Waals surface area contributed by atoms with Crippen molar-refractivity contribution in [3.63, 3.8) is 0 Å². The van der Waals surface area contributed by atoms with Crippen molar-refractivity contribution in [3.05, 3.63) is 84.1 Å². The minimum Gasteiger partial charge on any atom is -0.295 e. The number of hydrogen-bond acceptors (Lipinski definition) is 1. The Balaban J connectivity index is 1.95. The van der Waals surface area contributed by atoms with Crippen molar-refractivity contribution in [1.29, 1.82) is 0 Å². The summed E-state index contributed by atoms with van der Waals surface area (Å²) in [7, 11) is 0. The molecule has 2 heterocycles. The molecule has 0 saturated carbocycles. The van der Waals surface area contributed by atoms with Crippen LogP contribution in [0.15, 0.2) is 72.8 Å². The second kappa shape index (κ2) is 4.24. The van der Waals surface area contributed by atoms with Crippen LogP contribution in [0.2, 0.25) is 0 Å². The molecule has 0 saturated heterocycles. The topological polar surface area (TPSA) is 17.3 Å². The molecule has 0 bridgehead atoms. The summed E-state index contributed by atoms with van der Waals surface area (Å²) in [4.78, 5) is 4.95. The van der Waals surface area contributed by atoms with Gasteiger partial charge in [0.25, 0.3) is 0 Å². The lowest BCUT2D eigenvalue weighted by Crippen LogP contribution is -1.97. The van der Waals surface area contributed by atoms with Crippen LogP contribution in [0.1, 0.15) is 11.3 Å². The first kappa shape index (κ1) is 12.3. The standard InChI is InChI=1S/C22H14N2/c1-2-8-15-14(7-1)13-20-21(15)16-9-3-4-10-17(16)22-23-18-11-5-6-12-19(18)24(20)22/h1-12H,13H2. The Hall–Kier alpha value is -3.13. The van der Waals surface area contributed by atoms with Gasteiger partial charge in [-0.05, 0) is 28.6 Å². The highest BCUT2D eigenvalue weighted by Gasteiger charge is 2.25. The van der Waals surface area contributed by atoms with Crippen molar-refractivity contribution in [2.24, 2.45) is 0 Å². The van der Waals surface area contributed by atoms with Gasteiger partial charge >= 0.3 is 0 Å². The van der Waals surface area contributed by atoms with E-state index >= 15 is 0 Å². The zero-order chi connectivity index (χ0) is 15.7. The Morgan fingerprint density at radius 3 is 2.46 bits per heavy atom. The Kier molecular flexibility index (Phi) is 2.17. The van der Waals surface area contributed by atoms with Crippen LogP contribution >= 0.6 is 0 Å². The Bertz CT molecular complexity index is 1280. The van der Waals surface area contributed by atoms with E-state index in [1.54, 1.807) is 0 Å². The summed E-state index contributed by atoms with van der Waals surface area (Å²) in [5, 5.41) is 2.53. The van der Waals surface area contributed by atoms with Crippen molar-refractivity contribution < 1.29 is 0 Å². The summed E-state index contributed by atoms with van der Waals surface area (Å²) in [5.74, 6) is 0. The molecule has 0 N–H and O–H groups in total. The highest BCUT2D eigenvalue weighted by atomic mass is 15.0. The Morgan fingerprint density at radius 2 is 1.50 bits per heavy atom. The molecule has 1 aliphatic carbocycles. The maximum Gasteiger partial charge on any atom is 0.146 e. The van der Waals surface area contributed by atoms with Gasteiger partial charge in [-0.3, -0.25) is 4.40 Å². The molecular formula is C22H14N2. The van der Waals surface area contributed by atoms with Crippen molar-refractivity contribution in [2.45, 2.75) is 6.42 Å². The van der Waals surface area contributed by atoms with Crippen LogP contribution in [-0.2, 0) is 6.42 Å². The molecular weight excluding hydrogens is 292 g/mol. The molecule has 1 aliphatic rings. The van der Waals surface area contributed by atoms with Gasteiger partial charge < -0.3 is 0 Å².